The maximum absolute atomic E-state index is 6.08. The van der Waals surface area contributed by atoms with E-state index in [2.05, 4.69) is 55.0 Å². The fraction of sp³-hybridized carbons (Fsp3) is 0.571. The average molecular weight is 276 g/mol. The van der Waals surface area contributed by atoms with Crippen molar-refractivity contribution in [1.29, 1.82) is 0 Å². The molecule has 0 radical (unpaired) electrons. The van der Waals surface area contributed by atoms with Gasteiger partial charge in [0.1, 0.15) is 23.6 Å². The van der Waals surface area contributed by atoms with Crippen molar-refractivity contribution >= 4 is 20.1 Å². The Labute approximate surface area is 116 Å². The fourth-order valence-electron chi connectivity index (χ4n) is 1.80. The second-order valence-electron chi connectivity index (χ2n) is 5.99. The van der Waals surface area contributed by atoms with E-state index in [9.17, 15) is 0 Å². The van der Waals surface area contributed by atoms with Crippen LogP contribution >= 0.6 is 0 Å². The first-order chi connectivity index (χ1) is 8.89. The third kappa shape index (κ3) is 3.22. The van der Waals surface area contributed by atoms with E-state index in [1.54, 1.807) is 6.33 Å². The van der Waals surface area contributed by atoms with Crippen molar-refractivity contribution in [2.24, 2.45) is 0 Å². The first kappa shape index (κ1) is 14.2. The number of nitrogens with zero attached hydrogens (tertiary/aromatic N) is 3. The Hall–Kier alpha value is -1.20. The predicted molar refractivity (Wildman–Crippen MR) is 79.5 cm³/mol. The Morgan fingerprint density at radius 3 is 2.84 bits per heavy atom. The summed E-state index contributed by atoms with van der Waals surface area (Å²) in [5.41, 5.74) is 0.978. The Kier molecular flexibility index (Phi) is 4.06. The molecule has 0 N–H and O–H groups in total. The van der Waals surface area contributed by atoms with Gasteiger partial charge in [-0.15, -0.1) is 0 Å². The maximum Gasteiger partial charge on any atom is 0.475 e. The highest BCUT2D eigenvalue weighted by atomic mass is 28.3. The molecule has 1 atom stereocenters. The van der Waals surface area contributed by atoms with Crippen LogP contribution in [0.15, 0.2) is 24.8 Å². The van der Waals surface area contributed by atoms with Crippen molar-refractivity contribution < 1.29 is 4.43 Å². The van der Waals surface area contributed by atoms with Crippen LogP contribution in [0.4, 0.5) is 0 Å². The summed E-state index contributed by atoms with van der Waals surface area (Å²) in [4.78, 5) is 8.38. The predicted octanol–water partition coefficient (Wildman–Crippen LogP) is 3.43. The fourth-order valence-corrected chi connectivity index (χ4v) is 2.72. The number of aromatic nitrogens is 3. The zero-order valence-corrected chi connectivity index (χ0v) is 13.3. The summed E-state index contributed by atoms with van der Waals surface area (Å²) in [5, 5.41) is 1.35. The summed E-state index contributed by atoms with van der Waals surface area (Å²) in [7, 11) is -0.789. The molecule has 0 amide bonds. The lowest BCUT2D eigenvalue weighted by molar-refractivity contribution is 0.254. The molecule has 2 aromatic heterocycles. The van der Waals surface area contributed by atoms with Crippen LogP contribution in [0.25, 0.3) is 11.0 Å². The summed E-state index contributed by atoms with van der Waals surface area (Å²) >= 11 is 0. The highest BCUT2D eigenvalue weighted by Crippen LogP contribution is 2.28. The van der Waals surface area contributed by atoms with Crippen molar-refractivity contribution in [3.05, 3.63) is 24.8 Å². The normalized spacial score (nSPS) is 13.7. The van der Waals surface area contributed by atoms with E-state index < -0.39 is 9.04 Å². The van der Waals surface area contributed by atoms with Crippen LogP contribution in [0.5, 0.6) is 0 Å². The minimum atomic E-state index is -0.789. The quantitative estimate of drug-likeness (QED) is 0.803. The third-order valence-corrected chi connectivity index (χ3v) is 6.16. The van der Waals surface area contributed by atoms with E-state index in [1.165, 1.54) is 0 Å². The summed E-state index contributed by atoms with van der Waals surface area (Å²) in [5.74, 6) is 0. The SMILES string of the molecule is C[C@@H](CO[Si+](C)C(C)(C)C)n1ccc2cncnc21. The van der Waals surface area contributed by atoms with E-state index in [1.807, 2.05) is 12.3 Å². The largest absolute Gasteiger partial charge is 0.475 e. The molecule has 0 saturated heterocycles. The van der Waals surface area contributed by atoms with Crippen molar-refractivity contribution in [2.75, 3.05) is 6.61 Å². The lowest BCUT2D eigenvalue weighted by atomic mass is 10.3. The second kappa shape index (κ2) is 5.42. The number of hydrogen-bond donors (Lipinski definition) is 0. The summed E-state index contributed by atoms with van der Waals surface area (Å²) in [6.07, 6.45) is 5.50. The Morgan fingerprint density at radius 2 is 2.16 bits per heavy atom. The molecule has 0 spiro atoms. The van der Waals surface area contributed by atoms with Crippen LogP contribution < -0.4 is 0 Å². The molecule has 4 nitrogen and oxygen atoms in total. The monoisotopic (exact) mass is 276 g/mol. The summed E-state index contributed by atoms with van der Waals surface area (Å²) < 4.78 is 8.24. The molecule has 0 bridgehead atoms. The number of hydrogen-bond acceptors (Lipinski definition) is 3. The zero-order valence-electron chi connectivity index (χ0n) is 12.3. The minimum absolute atomic E-state index is 0.269. The number of fused-ring (bicyclic) bond motifs is 1. The van der Waals surface area contributed by atoms with Crippen molar-refractivity contribution in [1.82, 2.24) is 14.5 Å². The van der Waals surface area contributed by atoms with Crippen LogP contribution in [0.2, 0.25) is 11.6 Å². The van der Waals surface area contributed by atoms with Gasteiger partial charge in [0.15, 0.2) is 0 Å². The highest BCUT2D eigenvalue weighted by Gasteiger charge is 2.39. The molecule has 0 unspecified atom stereocenters. The van der Waals surface area contributed by atoms with Gasteiger partial charge < -0.3 is 4.57 Å². The molecular formula is C14H22N3OSi+. The van der Waals surface area contributed by atoms with Gasteiger partial charge >= 0.3 is 9.04 Å². The number of rotatable bonds is 4. The third-order valence-electron chi connectivity index (χ3n) is 3.45. The molecule has 2 aromatic rings. The molecule has 102 valence electrons. The van der Waals surface area contributed by atoms with E-state index >= 15 is 0 Å². The molecule has 0 aliphatic heterocycles. The van der Waals surface area contributed by atoms with Crippen LogP contribution in [0, 0.1) is 0 Å². The molecule has 19 heavy (non-hydrogen) atoms. The molecule has 0 aromatic carbocycles. The topological polar surface area (TPSA) is 39.9 Å². The molecule has 0 aliphatic rings. The Bertz CT molecular complexity index is 547. The Morgan fingerprint density at radius 1 is 1.42 bits per heavy atom. The van der Waals surface area contributed by atoms with Gasteiger partial charge in [0, 0.05) is 17.8 Å². The molecule has 0 saturated carbocycles. The van der Waals surface area contributed by atoms with Gasteiger partial charge in [-0.1, -0.05) is 0 Å². The van der Waals surface area contributed by atoms with Crippen LogP contribution in [-0.2, 0) is 4.43 Å². The van der Waals surface area contributed by atoms with Crippen LogP contribution in [-0.4, -0.2) is 30.2 Å². The lowest BCUT2D eigenvalue weighted by Crippen LogP contribution is -2.28. The lowest BCUT2D eigenvalue weighted by Gasteiger charge is -2.16. The standard InChI is InChI=1S/C14H22N3OSi/c1-11(9-18-19(5)14(2,3)4)17-7-6-12-8-15-10-16-13(12)17/h6-8,10-11H,9H2,1-5H3/q+1/t11-/m0/s1. The van der Waals surface area contributed by atoms with E-state index in [0.29, 0.717) is 0 Å². The molecular weight excluding hydrogens is 254 g/mol. The van der Waals surface area contributed by atoms with Gasteiger partial charge in [0.2, 0.25) is 0 Å². The van der Waals surface area contributed by atoms with Crippen LogP contribution in [0.1, 0.15) is 33.7 Å². The maximum atomic E-state index is 6.08. The van der Waals surface area contributed by atoms with Crippen LogP contribution in [0.3, 0.4) is 0 Å². The molecule has 5 heteroatoms. The van der Waals surface area contributed by atoms with E-state index in [4.69, 9.17) is 4.43 Å². The van der Waals surface area contributed by atoms with Crippen molar-refractivity contribution in [2.45, 2.75) is 45.3 Å². The van der Waals surface area contributed by atoms with Crippen molar-refractivity contribution in [3.8, 4) is 0 Å². The summed E-state index contributed by atoms with van der Waals surface area (Å²) in [6.45, 7) is 11.8. The van der Waals surface area contributed by atoms with Gasteiger partial charge in [0.25, 0.3) is 0 Å². The van der Waals surface area contributed by atoms with Gasteiger partial charge in [0.05, 0.1) is 12.6 Å². The first-order valence-corrected chi connectivity index (χ1v) is 8.54. The molecule has 0 aliphatic carbocycles. The smallest absolute Gasteiger partial charge is 0.327 e. The van der Waals surface area contributed by atoms with Gasteiger partial charge in [-0.3, -0.25) is 0 Å². The minimum Gasteiger partial charge on any atom is -0.327 e. The van der Waals surface area contributed by atoms with Gasteiger partial charge in [-0.2, -0.15) is 0 Å². The van der Waals surface area contributed by atoms with Crippen molar-refractivity contribution in [3.63, 3.8) is 0 Å². The average Bonchev–Trinajstić information content (AvgIpc) is 2.78. The molecule has 2 rings (SSSR count). The summed E-state index contributed by atoms with van der Waals surface area (Å²) in [6, 6.07) is 2.34. The molecule has 0 fully saturated rings. The highest BCUT2D eigenvalue weighted by molar-refractivity contribution is 6.53. The zero-order chi connectivity index (χ0) is 14.0. The Balaban J connectivity index is 2.06. The first-order valence-electron chi connectivity index (χ1n) is 6.63. The van der Waals surface area contributed by atoms with Gasteiger partial charge in [-0.25, -0.2) is 14.4 Å². The molecule has 2 heterocycles. The van der Waals surface area contributed by atoms with E-state index in [0.717, 1.165) is 17.6 Å². The van der Waals surface area contributed by atoms with E-state index in [-0.39, 0.29) is 11.1 Å². The second-order valence-corrected chi connectivity index (χ2v) is 8.89. The van der Waals surface area contributed by atoms with Gasteiger partial charge in [-0.05, 0) is 33.8 Å².